The van der Waals surface area contributed by atoms with Crippen LogP contribution in [0.15, 0.2) is 100 Å². The number of fused-ring (bicyclic) bond motifs is 1. The van der Waals surface area contributed by atoms with Crippen molar-refractivity contribution in [3.8, 4) is 27.7 Å². The molecule has 7 rings (SSSR count). The first-order chi connectivity index (χ1) is 35.7. The van der Waals surface area contributed by atoms with Gasteiger partial charge in [-0.2, -0.15) is 0 Å². The highest BCUT2D eigenvalue weighted by Gasteiger charge is 2.44. The number of β-amino-alcohol motifs (C(OH)–C–C–N with tert-alkyl or cyclic N) is 1. The van der Waals surface area contributed by atoms with E-state index in [2.05, 4.69) is 25.7 Å². The Balaban J connectivity index is 0.860. The van der Waals surface area contributed by atoms with Crippen LogP contribution < -0.4 is 35.8 Å². The average Bonchev–Trinajstić information content (AvgIpc) is 4.06. The van der Waals surface area contributed by atoms with Crippen molar-refractivity contribution in [1.29, 1.82) is 0 Å². The molecule has 3 heterocycles. The number of sulfonamides is 1. The third-order valence-electron chi connectivity index (χ3n) is 12.4. The molecular weight excluding hydrogens is 1000 g/mol. The lowest BCUT2D eigenvalue weighted by Crippen LogP contribution is -2.58. The fourth-order valence-corrected chi connectivity index (χ4v) is 10.3. The molecule has 5 N–H and O–H groups in total. The first-order valence-corrected chi connectivity index (χ1v) is 26.8. The van der Waals surface area contributed by atoms with Gasteiger partial charge in [-0.15, -0.1) is 11.3 Å². The van der Waals surface area contributed by atoms with Crippen LogP contribution in [0.4, 0.5) is 5.69 Å². The van der Waals surface area contributed by atoms with Gasteiger partial charge in [0.2, 0.25) is 17.7 Å². The summed E-state index contributed by atoms with van der Waals surface area (Å²) in [5.41, 5.74) is 4.63. The minimum atomic E-state index is -4.32. The molecule has 0 radical (unpaired) electrons. The molecule has 6 aromatic rings. The number of aliphatic hydroxyl groups is 1. The van der Waals surface area contributed by atoms with E-state index in [0.29, 0.717) is 29.1 Å². The molecule has 3 atom stereocenters. The van der Waals surface area contributed by atoms with E-state index in [4.69, 9.17) is 18.9 Å². The van der Waals surface area contributed by atoms with Crippen LogP contribution >= 0.6 is 11.3 Å². The normalized spacial score (nSPS) is 15.1. The van der Waals surface area contributed by atoms with Crippen molar-refractivity contribution in [1.82, 2.24) is 35.0 Å². The molecule has 22 heteroatoms. The van der Waals surface area contributed by atoms with Crippen molar-refractivity contribution in [2.45, 2.75) is 77.1 Å². The minimum absolute atomic E-state index is 0.0105. The van der Waals surface area contributed by atoms with E-state index >= 15 is 0 Å². The van der Waals surface area contributed by atoms with E-state index in [1.165, 1.54) is 44.4 Å². The lowest BCUT2D eigenvalue weighted by Gasteiger charge is -2.35. The molecule has 75 heavy (non-hydrogen) atoms. The Morgan fingerprint density at radius 1 is 0.880 bits per heavy atom. The largest absolute Gasteiger partial charge is 0.493 e. The molecule has 20 nitrogen and oxygen atoms in total. The summed E-state index contributed by atoms with van der Waals surface area (Å²) >= 11 is 1.55. The smallest absolute Gasteiger partial charge is 0.328 e. The zero-order chi connectivity index (χ0) is 54.0. The minimum Gasteiger partial charge on any atom is -0.493 e. The average molecular weight is 1070 g/mol. The third kappa shape index (κ3) is 14.0. The zero-order valence-electron chi connectivity index (χ0n) is 43.0. The molecule has 2 aromatic heterocycles. The maximum atomic E-state index is 14.0. The number of aliphatic hydroxyl groups excluding tert-OH is 1. The number of anilines is 1. The second-order valence-electron chi connectivity index (χ2n) is 19.2. The zero-order valence-corrected chi connectivity index (χ0v) is 44.6. The number of rotatable bonds is 23. The molecular formula is C53H64N8O12S2. The van der Waals surface area contributed by atoms with Crippen molar-refractivity contribution in [2.75, 3.05) is 50.8 Å². The number of likely N-dealkylation sites (tertiary alicyclic amines) is 1. The molecule has 0 bridgehead atoms. The highest BCUT2D eigenvalue weighted by Crippen LogP contribution is 2.36. The summed E-state index contributed by atoms with van der Waals surface area (Å²) in [5.74, 6) is -0.968. The van der Waals surface area contributed by atoms with Crippen molar-refractivity contribution >= 4 is 61.7 Å². The monoisotopic (exact) mass is 1070 g/mol. The molecule has 1 fully saturated rings. The second kappa shape index (κ2) is 24.5. The second-order valence-corrected chi connectivity index (χ2v) is 21.7. The van der Waals surface area contributed by atoms with Crippen molar-refractivity contribution in [3.63, 3.8) is 0 Å². The summed E-state index contributed by atoms with van der Waals surface area (Å²) in [4.78, 5) is 73.1. The fourth-order valence-electron chi connectivity index (χ4n) is 8.38. The van der Waals surface area contributed by atoms with Gasteiger partial charge in [0.05, 0.1) is 70.2 Å². The van der Waals surface area contributed by atoms with Gasteiger partial charge in [-0.1, -0.05) is 64.1 Å². The quantitative estimate of drug-likeness (QED) is 0.0515. The number of ether oxygens (including phenoxy) is 4. The molecule has 4 amide bonds. The molecule has 0 aliphatic carbocycles. The standard InChI is InChI=1S/C53H64N8O12S2/c1-8-20-72-38-12-10-13-39(26-38)73-45-28-43-42(59(6)52(67)60(43)7)27-41(45)58-75(68,69)40-14-9-11-36(24-40)49(64)54-19-21-70-22-23-71-31-46(63)57-48(53(3,4)5)51(66)61-30-37(62)25-44(61)50(65)55-29-34-15-17-35(18-16-34)47-33(2)56-32-74-47/h9-18,24,26-28,32,37,44,48,58,62H,8,19-23,25,29-31H2,1-7H3,(H,54,64)(H,55,65)(H,57,63)/t37-,44?,48?/m1/s1. The number of nitrogens with zero attached hydrogens (tertiary/aromatic N) is 4. The highest BCUT2D eigenvalue weighted by atomic mass is 32.2. The van der Waals surface area contributed by atoms with E-state index in [0.717, 1.165) is 28.1 Å². The predicted molar refractivity (Wildman–Crippen MR) is 283 cm³/mol. The number of carbonyl (C=O) groups is 4. The lowest BCUT2D eigenvalue weighted by molar-refractivity contribution is -0.144. The Hall–Kier alpha value is -7.11. The van der Waals surface area contributed by atoms with Crippen LogP contribution in [0.25, 0.3) is 21.5 Å². The van der Waals surface area contributed by atoms with Gasteiger partial charge in [-0.05, 0) is 66.3 Å². The Morgan fingerprint density at radius 3 is 2.29 bits per heavy atom. The number of nitrogens with one attached hydrogen (secondary N) is 4. The number of imidazole rings is 1. The van der Waals surface area contributed by atoms with Crippen LogP contribution in [-0.4, -0.2) is 120 Å². The van der Waals surface area contributed by atoms with Gasteiger partial charge in [-0.25, -0.2) is 18.2 Å². The molecule has 400 valence electrons. The van der Waals surface area contributed by atoms with Crippen LogP contribution in [0.2, 0.25) is 0 Å². The molecule has 1 aliphatic heterocycles. The molecule has 0 spiro atoms. The molecule has 1 aliphatic rings. The van der Waals surface area contributed by atoms with Gasteiger partial charge in [0.25, 0.3) is 15.9 Å². The van der Waals surface area contributed by atoms with Gasteiger partial charge >= 0.3 is 5.69 Å². The first-order valence-electron chi connectivity index (χ1n) is 24.5. The van der Waals surface area contributed by atoms with Crippen LogP contribution in [0.3, 0.4) is 0 Å². The highest BCUT2D eigenvalue weighted by molar-refractivity contribution is 7.92. The molecule has 2 unspecified atom stereocenters. The number of hydrogen-bond donors (Lipinski definition) is 5. The Kier molecular flexibility index (Phi) is 18.2. The van der Waals surface area contributed by atoms with E-state index in [1.54, 1.807) is 82.0 Å². The van der Waals surface area contributed by atoms with E-state index in [-0.39, 0.29) is 80.1 Å². The maximum absolute atomic E-state index is 14.0. The van der Waals surface area contributed by atoms with E-state index < -0.39 is 57.3 Å². The number of aromatic nitrogens is 3. The van der Waals surface area contributed by atoms with Crippen molar-refractivity contribution in [3.05, 3.63) is 118 Å². The van der Waals surface area contributed by atoms with Gasteiger partial charge < -0.3 is 44.9 Å². The Morgan fingerprint density at radius 2 is 1.59 bits per heavy atom. The fraction of sp³-hybridized carbons (Fsp3) is 0.396. The topological polar surface area (TPSA) is 251 Å². The summed E-state index contributed by atoms with van der Waals surface area (Å²) in [6, 6.07) is 21.3. The number of amides is 4. The summed E-state index contributed by atoms with van der Waals surface area (Å²) in [5, 5.41) is 18.9. The summed E-state index contributed by atoms with van der Waals surface area (Å²) < 4.78 is 56.3. The van der Waals surface area contributed by atoms with Gasteiger partial charge in [0, 0.05) is 57.8 Å². The summed E-state index contributed by atoms with van der Waals surface area (Å²) in [7, 11) is -1.14. The molecule has 4 aromatic carbocycles. The van der Waals surface area contributed by atoms with E-state index in [1.807, 2.05) is 38.1 Å². The number of thiazole rings is 1. The summed E-state index contributed by atoms with van der Waals surface area (Å²) in [6.45, 7) is 9.77. The van der Waals surface area contributed by atoms with Crippen LogP contribution in [0, 0.1) is 12.3 Å². The number of aryl methyl sites for hydroxylation is 3. The Bertz CT molecular complexity index is 3180. The van der Waals surface area contributed by atoms with Crippen LogP contribution in [0.5, 0.6) is 17.2 Å². The lowest BCUT2D eigenvalue weighted by atomic mass is 9.85. The SMILES string of the molecule is CCCOc1cccc(Oc2cc3c(cc2NS(=O)(=O)c2cccc(C(=O)NCCOCCOCC(=O)NC(C(=O)N4C[C@H](O)CC4C(=O)NCc4ccc(-c5scnc5C)cc4)C(C)(C)C)c2)n(C)c(=O)n3C)c1. The first kappa shape index (κ1) is 55.6. The van der Waals surface area contributed by atoms with Gasteiger partial charge in [0.1, 0.15) is 30.2 Å². The molecule has 0 saturated carbocycles. The van der Waals surface area contributed by atoms with E-state index in [9.17, 15) is 37.5 Å². The number of hydrogen-bond acceptors (Lipinski definition) is 14. The Labute approximate surface area is 439 Å². The third-order valence-corrected chi connectivity index (χ3v) is 14.7. The number of benzene rings is 4. The van der Waals surface area contributed by atoms with Crippen LogP contribution in [-0.2, 0) is 54.5 Å². The van der Waals surface area contributed by atoms with Gasteiger partial charge in [-0.3, -0.25) is 33.0 Å². The molecule has 1 saturated heterocycles. The predicted octanol–water partition coefficient (Wildman–Crippen LogP) is 5.26. The summed E-state index contributed by atoms with van der Waals surface area (Å²) in [6.07, 6.45) is -0.0641. The van der Waals surface area contributed by atoms with Crippen molar-refractivity contribution in [2.24, 2.45) is 19.5 Å². The van der Waals surface area contributed by atoms with Crippen molar-refractivity contribution < 1.29 is 51.6 Å². The van der Waals surface area contributed by atoms with Gasteiger partial charge in [0.15, 0.2) is 5.75 Å². The maximum Gasteiger partial charge on any atom is 0.328 e. The van der Waals surface area contributed by atoms with Crippen LogP contribution in [0.1, 0.15) is 62.2 Å². The number of carbonyl (C=O) groups excluding carboxylic acids is 4.